The maximum absolute atomic E-state index is 13.9. The van der Waals surface area contributed by atoms with Gasteiger partial charge in [0.1, 0.15) is 17.9 Å². The molecule has 0 aliphatic heterocycles. The molecule has 1 N–H and O–H groups in total. The predicted octanol–water partition coefficient (Wildman–Crippen LogP) is 3.79. The molecule has 0 saturated heterocycles. The van der Waals surface area contributed by atoms with E-state index < -0.39 is 0 Å². The van der Waals surface area contributed by atoms with Gasteiger partial charge in [-0.25, -0.2) is 9.37 Å². The Labute approximate surface area is 146 Å². The van der Waals surface area contributed by atoms with E-state index in [-0.39, 0.29) is 23.7 Å². The number of nitrogens with one attached hydrogen (secondary N) is 1. The lowest BCUT2D eigenvalue weighted by Gasteiger charge is -2.19. The molecule has 1 amide bonds. The van der Waals surface area contributed by atoms with Crippen molar-refractivity contribution in [2.45, 2.75) is 39.3 Å². The largest absolute Gasteiger partial charge is 0.350 e. The van der Waals surface area contributed by atoms with Gasteiger partial charge in [-0.3, -0.25) is 4.79 Å². The summed E-state index contributed by atoms with van der Waals surface area (Å²) in [7, 11) is 0. The predicted molar refractivity (Wildman–Crippen MR) is 96.7 cm³/mol. The number of carbonyl (C=O) groups excluding carboxylic acids is 1. The van der Waals surface area contributed by atoms with Gasteiger partial charge in [0.05, 0.1) is 11.8 Å². The Balaban J connectivity index is 1.63. The highest BCUT2D eigenvalue weighted by Crippen LogP contribution is 2.22. The number of amides is 1. The summed E-state index contributed by atoms with van der Waals surface area (Å²) >= 11 is 0. The molecule has 0 spiro atoms. The first kappa shape index (κ1) is 17.1. The summed E-state index contributed by atoms with van der Waals surface area (Å²) in [6, 6.07) is 12.9. The number of hydrogen-bond donors (Lipinski definition) is 1. The molecule has 2 aromatic carbocycles. The minimum atomic E-state index is -0.374. The van der Waals surface area contributed by atoms with Crippen LogP contribution in [0, 0.1) is 5.82 Å². The average molecular weight is 339 g/mol. The second-order valence-electron chi connectivity index (χ2n) is 7.20. The monoisotopic (exact) mass is 339 g/mol. The zero-order chi connectivity index (χ0) is 18.0. The molecule has 5 heteroatoms. The van der Waals surface area contributed by atoms with E-state index in [2.05, 4.69) is 43.2 Å². The first-order valence-corrected chi connectivity index (χ1v) is 8.30. The van der Waals surface area contributed by atoms with E-state index in [4.69, 9.17) is 0 Å². The quantitative estimate of drug-likeness (QED) is 0.786. The van der Waals surface area contributed by atoms with Gasteiger partial charge in [-0.1, -0.05) is 51.1 Å². The number of nitrogens with zero attached hydrogens (tertiary/aromatic N) is 2. The molecular formula is C20H22FN3O. The Morgan fingerprint density at radius 3 is 2.56 bits per heavy atom. The summed E-state index contributed by atoms with van der Waals surface area (Å²) in [5, 5.41) is 2.87. The number of hydrogen-bond acceptors (Lipinski definition) is 2. The lowest BCUT2D eigenvalue weighted by atomic mass is 9.87. The van der Waals surface area contributed by atoms with Crippen LogP contribution in [0.1, 0.15) is 31.9 Å². The molecule has 0 radical (unpaired) electrons. The Kier molecular flexibility index (Phi) is 4.57. The molecule has 3 aromatic rings. The molecular weight excluding hydrogens is 317 g/mol. The molecule has 0 bridgehead atoms. The van der Waals surface area contributed by atoms with Gasteiger partial charge in [0, 0.05) is 6.54 Å². The number of aromatic nitrogens is 2. The molecule has 3 rings (SSSR count). The highest BCUT2D eigenvalue weighted by Gasteiger charge is 2.13. The number of rotatable bonds is 4. The van der Waals surface area contributed by atoms with Crippen molar-refractivity contribution in [3.63, 3.8) is 0 Å². The lowest BCUT2D eigenvalue weighted by molar-refractivity contribution is -0.121. The van der Waals surface area contributed by atoms with Crippen LogP contribution in [-0.4, -0.2) is 15.5 Å². The van der Waals surface area contributed by atoms with Crippen molar-refractivity contribution in [3.8, 4) is 0 Å². The van der Waals surface area contributed by atoms with Crippen molar-refractivity contribution < 1.29 is 9.18 Å². The van der Waals surface area contributed by atoms with E-state index in [9.17, 15) is 9.18 Å². The zero-order valence-corrected chi connectivity index (χ0v) is 14.7. The van der Waals surface area contributed by atoms with Crippen LogP contribution in [0.5, 0.6) is 0 Å². The maximum atomic E-state index is 13.9. The summed E-state index contributed by atoms with van der Waals surface area (Å²) in [6.07, 6.45) is 1.49. The van der Waals surface area contributed by atoms with Crippen LogP contribution in [0.15, 0.2) is 48.8 Å². The smallest absolute Gasteiger partial charge is 0.240 e. The van der Waals surface area contributed by atoms with E-state index in [1.165, 1.54) is 22.5 Å². The van der Waals surface area contributed by atoms with Crippen LogP contribution in [0.4, 0.5) is 4.39 Å². The van der Waals surface area contributed by atoms with Crippen LogP contribution in [0.2, 0.25) is 0 Å². The normalized spacial score (nSPS) is 11.7. The molecule has 0 aliphatic rings. The van der Waals surface area contributed by atoms with Crippen molar-refractivity contribution in [1.82, 2.24) is 14.9 Å². The van der Waals surface area contributed by atoms with E-state index in [1.54, 1.807) is 12.1 Å². The van der Waals surface area contributed by atoms with Crippen molar-refractivity contribution in [2.75, 3.05) is 0 Å². The van der Waals surface area contributed by atoms with Gasteiger partial charge < -0.3 is 9.88 Å². The van der Waals surface area contributed by atoms with Gasteiger partial charge in [-0.15, -0.1) is 0 Å². The molecule has 0 aliphatic carbocycles. The van der Waals surface area contributed by atoms with Gasteiger partial charge in [0.25, 0.3) is 0 Å². The van der Waals surface area contributed by atoms with Gasteiger partial charge >= 0.3 is 0 Å². The highest BCUT2D eigenvalue weighted by molar-refractivity contribution is 5.80. The van der Waals surface area contributed by atoms with E-state index >= 15 is 0 Å². The molecule has 0 saturated carbocycles. The molecule has 4 nitrogen and oxygen atoms in total. The van der Waals surface area contributed by atoms with Crippen molar-refractivity contribution >= 4 is 16.9 Å². The first-order chi connectivity index (χ1) is 11.8. The molecule has 0 fully saturated rings. The molecule has 0 atom stereocenters. The molecule has 25 heavy (non-hydrogen) atoms. The summed E-state index contributed by atoms with van der Waals surface area (Å²) < 4.78 is 15.5. The molecule has 1 heterocycles. The Morgan fingerprint density at radius 2 is 1.88 bits per heavy atom. The van der Waals surface area contributed by atoms with Crippen LogP contribution in [0.3, 0.4) is 0 Å². The highest BCUT2D eigenvalue weighted by atomic mass is 19.1. The third-order valence-electron chi connectivity index (χ3n) is 4.21. The fraction of sp³-hybridized carbons (Fsp3) is 0.300. The summed E-state index contributed by atoms with van der Waals surface area (Å²) in [5.41, 5.74) is 3.29. The second-order valence-corrected chi connectivity index (χ2v) is 7.20. The molecule has 130 valence electrons. The number of halogens is 1. The number of fused-ring (bicyclic) bond motifs is 1. The summed E-state index contributed by atoms with van der Waals surface area (Å²) in [4.78, 5) is 16.3. The first-order valence-electron chi connectivity index (χ1n) is 8.30. The Bertz CT molecular complexity index is 891. The summed E-state index contributed by atoms with van der Waals surface area (Å²) in [6.45, 7) is 6.98. The lowest BCUT2D eigenvalue weighted by Crippen LogP contribution is -2.27. The van der Waals surface area contributed by atoms with Gasteiger partial charge in [-0.05, 0) is 28.7 Å². The fourth-order valence-corrected chi connectivity index (χ4v) is 2.74. The standard InChI is InChI=1S/C20H22FN3O/c1-20(2,3)15-9-7-14(8-10-15)11-22-18(25)12-24-13-23-17-6-4-5-16(21)19(17)24/h4-10,13H,11-12H2,1-3H3,(H,22,25). The Morgan fingerprint density at radius 1 is 1.16 bits per heavy atom. The minimum Gasteiger partial charge on any atom is -0.350 e. The number of imidazole rings is 1. The molecule has 0 unspecified atom stereocenters. The number of para-hydroxylation sites is 1. The topological polar surface area (TPSA) is 46.9 Å². The third kappa shape index (κ3) is 3.87. The Hall–Kier alpha value is -2.69. The second kappa shape index (κ2) is 6.67. The number of benzene rings is 2. The third-order valence-corrected chi connectivity index (χ3v) is 4.21. The van der Waals surface area contributed by atoms with E-state index in [0.29, 0.717) is 17.6 Å². The van der Waals surface area contributed by atoms with Gasteiger partial charge in [0.15, 0.2) is 0 Å². The summed E-state index contributed by atoms with van der Waals surface area (Å²) in [5.74, 6) is -0.553. The maximum Gasteiger partial charge on any atom is 0.240 e. The van der Waals surface area contributed by atoms with E-state index in [0.717, 1.165) is 5.56 Å². The fourth-order valence-electron chi connectivity index (χ4n) is 2.74. The van der Waals surface area contributed by atoms with Crippen LogP contribution >= 0.6 is 0 Å². The zero-order valence-electron chi connectivity index (χ0n) is 14.7. The van der Waals surface area contributed by atoms with Crippen molar-refractivity contribution in [1.29, 1.82) is 0 Å². The number of carbonyl (C=O) groups is 1. The average Bonchev–Trinajstić information content (AvgIpc) is 2.97. The van der Waals surface area contributed by atoms with Gasteiger partial charge in [0.2, 0.25) is 5.91 Å². The van der Waals surface area contributed by atoms with Crippen LogP contribution < -0.4 is 5.32 Å². The van der Waals surface area contributed by atoms with Crippen molar-refractivity contribution in [3.05, 3.63) is 65.7 Å². The SMILES string of the molecule is CC(C)(C)c1ccc(CNC(=O)Cn2cnc3cccc(F)c32)cc1. The van der Waals surface area contributed by atoms with Gasteiger partial charge in [-0.2, -0.15) is 0 Å². The minimum absolute atomic E-state index is 0.0392. The molecule has 1 aromatic heterocycles. The van der Waals surface area contributed by atoms with E-state index in [1.807, 2.05) is 12.1 Å². The van der Waals surface area contributed by atoms with Crippen molar-refractivity contribution in [2.24, 2.45) is 0 Å². The van der Waals surface area contributed by atoms with Crippen LogP contribution in [-0.2, 0) is 23.3 Å². The van der Waals surface area contributed by atoms with Crippen LogP contribution in [0.25, 0.3) is 11.0 Å².